The van der Waals surface area contributed by atoms with E-state index in [1.54, 1.807) is 23.1 Å². The van der Waals surface area contributed by atoms with Gasteiger partial charge in [0, 0.05) is 28.7 Å². The van der Waals surface area contributed by atoms with Crippen LogP contribution < -0.4 is 0 Å². The predicted molar refractivity (Wildman–Crippen MR) is 72.4 cm³/mol. The fraction of sp³-hybridized carbons (Fsp3) is 0.462. The fourth-order valence-corrected chi connectivity index (χ4v) is 2.73. The maximum absolute atomic E-state index is 12.3. The van der Waals surface area contributed by atoms with E-state index in [0.29, 0.717) is 28.7 Å². The molecule has 98 valence electrons. The molecule has 0 saturated carbocycles. The zero-order valence-electron chi connectivity index (χ0n) is 10.3. The molecule has 0 N–H and O–H groups in total. The number of rotatable bonds is 1. The third-order valence-electron chi connectivity index (χ3n) is 2.82. The number of nitrogens with zero attached hydrogens (tertiary/aromatic N) is 1. The minimum atomic E-state index is -0.0543. The molecule has 1 amide bonds. The largest absolute Gasteiger partial charge is 0.372 e. The highest BCUT2D eigenvalue weighted by Crippen LogP contribution is 2.21. The first-order valence-corrected chi connectivity index (χ1v) is 6.62. The first-order chi connectivity index (χ1) is 8.45. The SMILES string of the molecule is CC1CN(C(=O)c2cc(Cl)cc(Cl)c2)CC(C)O1. The van der Waals surface area contributed by atoms with Crippen LogP contribution in [0.25, 0.3) is 0 Å². The van der Waals surface area contributed by atoms with E-state index in [1.165, 1.54) is 0 Å². The van der Waals surface area contributed by atoms with Crippen LogP contribution in [0.3, 0.4) is 0 Å². The summed E-state index contributed by atoms with van der Waals surface area (Å²) >= 11 is 11.8. The number of morpholine rings is 1. The van der Waals surface area contributed by atoms with Gasteiger partial charge in [0.25, 0.3) is 5.91 Å². The van der Waals surface area contributed by atoms with Crippen LogP contribution in [-0.2, 0) is 4.74 Å². The van der Waals surface area contributed by atoms with E-state index in [-0.39, 0.29) is 18.1 Å². The van der Waals surface area contributed by atoms with Crippen LogP contribution in [0.5, 0.6) is 0 Å². The zero-order chi connectivity index (χ0) is 13.3. The van der Waals surface area contributed by atoms with Crippen molar-refractivity contribution in [3.05, 3.63) is 33.8 Å². The van der Waals surface area contributed by atoms with E-state index < -0.39 is 0 Å². The van der Waals surface area contributed by atoms with Crippen LogP contribution in [0, 0.1) is 0 Å². The molecule has 0 spiro atoms. The van der Waals surface area contributed by atoms with Gasteiger partial charge in [-0.1, -0.05) is 23.2 Å². The summed E-state index contributed by atoms with van der Waals surface area (Å²) in [4.78, 5) is 14.1. The molecule has 1 aliphatic rings. The lowest BCUT2D eigenvalue weighted by Gasteiger charge is -2.35. The Morgan fingerprint density at radius 2 is 1.67 bits per heavy atom. The van der Waals surface area contributed by atoms with E-state index in [4.69, 9.17) is 27.9 Å². The standard InChI is InChI=1S/C13H15Cl2NO2/c1-8-6-16(7-9(2)18-8)13(17)10-3-11(14)5-12(15)4-10/h3-5,8-9H,6-7H2,1-2H3. The highest BCUT2D eigenvalue weighted by Gasteiger charge is 2.26. The molecule has 0 bridgehead atoms. The van der Waals surface area contributed by atoms with Gasteiger partial charge >= 0.3 is 0 Å². The smallest absolute Gasteiger partial charge is 0.254 e. The number of carbonyl (C=O) groups is 1. The van der Waals surface area contributed by atoms with Gasteiger partial charge in [-0.05, 0) is 32.0 Å². The minimum Gasteiger partial charge on any atom is -0.372 e. The molecule has 2 atom stereocenters. The topological polar surface area (TPSA) is 29.5 Å². The number of halogens is 2. The normalized spacial score (nSPS) is 24.1. The Morgan fingerprint density at radius 1 is 1.17 bits per heavy atom. The van der Waals surface area contributed by atoms with E-state index in [2.05, 4.69) is 0 Å². The number of carbonyl (C=O) groups excluding carboxylic acids is 1. The van der Waals surface area contributed by atoms with Crippen molar-refractivity contribution >= 4 is 29.1 Å². The van der Waals surface area contributed by atoms with Crippen molar-refractivity contribution < 1.29 is 9.53 Å². The summed E-state index contributed by atoms with van der Waals surface area (Å²) in [6.45, 7) is 5.10. The van der Waals surface area contributed by atoms with Crippen LogP contribution in [0.2, 0.25) is 10.0 Å². The second-order valence-electron chi connectivity index (χ2n) is 4.63. The first kappa shape index (κ1) is 13.7. The molecule has 1 aromatic carbocycles. The van der Waals surface area contributed by atoms with E-state index in [0.717, 1.165) is 0 Å². The van der Waals surface area contributed by atoms with E-state index in [9.17, 15) is 4.79 Å². The lowest BCUT2D eigenvalue weighted by molar-refractivity contribution is -0.0586. The molecule has 3 nitrogen and oxygen atoms in total. The van der Waals surface area contributed by atoms with Gasteiger partial charge in [0.15, 0.2) is 0 Å². The van der Waals surface area contributed by atoms with E-state index in [1.807, 2.05) is 13.8 Å². The third-order valence-corrected chi connectivity index (χ3v) is 3.25. The molecule has 1 fully saturated rings. The summed E-state index contributed by atoms with van der Waals surface area (Å²) < 4.78 is 5.60. The van der Waals surface area contributed by atoms with Crippen molar-refractivity contribution in [3.8, 4) is 0 Å². The van der Waals surface area contributed by atoms with Crippen molar-refractivity contribution in [3.63, 3.8) is 0 Å². The molecular formula is C13H15Cl2NO2. The number of ether oxygens (including phenoxy) is 1. The average Bonchev–Trinajstić information content (AvgIpc) is 2.25. The Kier molecular flexibility index (Phi) is 4.15. The molecule has 0 aliphatic carbocycles. The van der Waals surface area contributed by atoms with Gasteiger partial charge in [-0.3, -0.25) is 4.79 Å². The second-order valence-corrected chi connectivity index (χ2v) is 5.50. The molecule has 18 heavy (non-hydrogen) atoms. The van der Waals surface area contributed by atoms with Crippen LogP contribution in [0.1, 0.15) is 24.2 Å². The van der Waals surface area contributed by atoms with Gasteiger partial charge in [0.05, 0.1) is 12.2 Å². The van der Waals surface area contributed by atoms with Gasteiger partial charge in [-0.15, -0.1) is 0 Å². The zero-order valence-corrected chi connectivity index (χ0v) is 11.8. The number of hydrogen-bond donors (Lipinski definition) is 0. The molecule has 1 saturated heterocycles. The van der Waals surface area contributed by atoms with Gasteiger partial charge < -0.3 is 9.64 Å². The maximum Gasteiger partial charge on any atom is 0.254 e. The summed E-state index contributed by atoms with van der Waals surface area (Å²) in [7, 11) is 0. The predicted octanol–water partition coefficient (Wildman–Crippen LogP) is 3.24. The van der Waals surface area contributed by atoms with Gasteiger partial charge in [-0.25, -0.2) is 0 Å². The fourth-order valence-electron chi connectivity index (χ4n) is 2.20. The number of amides is 1. The third kappa shape index (κ3) is 3.16. The molecule has 1 heterocycles. The quantitative estimate of drug-likeness (QED) is 0.794. The molecule has 2 rings (SSSR count). The molecule has 5 heteroatoms. The maximum atomic E-state index is 12.3. The highest BCUT2D eigenvalue weighted by atomic mass is 35.5. The summed E-state index contributed by atoms with van der Waals surface area (Å²) in [6, 6.07) is 4.89. The van der Waals surface area contributed by atoms with Crippen LogP contribution in [-0.4, -0.2) is 36.1 Å². The second kappa shape index (κ2) is 5.47. The molecule has 1 aromatic rings. The van der Waals surface area contributed by atoms with Crippen molar-refractivity contribution in [2.75, 3.05) is 13.1 Å². The lowest BCUT2D eigenvalue weighted by atomic mass is 10.1. The minimum absolute atomic E-state index is 0.0485. The van der Waals surface area contributed by atoms with Crippen LogP contribution >= 0.6 is 23.2 Å². The lowest BCUT2D eigenvalue weighted by Crippen LogP contribution is -2.48. The number of benzene rings is 1. The van der Waals surface area contributed by atoms with Crippen LogP contribution in [0.15, 0.2) is 18.2 Å². The van der Waals surface area contributed by atoms with Gasteiger partial charge in [-0.2, -0.15) is 0 Å². The van der Waals surface area contributed by atoms with Crippen molar-refractivity contribution in [1.29, 1.82) is 0 Å². The molecule has 1 aliphatic heterocycles. The molecular weight excluding hydrogens is 273 g/mol. The Hall–Kier alpha value is -0.770. The first-order valence-electron chi connectivity index (χ1n) is 5.86. The highest BCUT2D eigenvalue weighted by molar-refractivity contribution is 6.35. The van der Waals surface area contributed by atoms with Crippen molar-refractivity contribution in [2.45, 2.75) is 26.1 Å². The Morgan fingerprint density at radius 3 is 2.17 bits per heavy atom. The summed E-state index contributed by atoms with van der Waals surface area (Å²) in [6.07, 6.45) is 0.0970. The average molecular weight is 288 g/mol. The molecule has 2 unspecified atom stereocenters. The molecule has 0 radical (unpaired) electrons. The summed E-state index contributed by atoms with van der Waals surface area (Å²) in [5, 5.41) is 0.945. The monoisotopic (exact) mass is 287 g/mol. The summed E-state index contributed by atoms with van der Waals surface area (Å²) in [5.41, 5.74) is 0.522. The Labute approximate surface area is 117 Å². The van der Waals surface area contributed by atoms with Crippen molar-refractivity contribution in [1.82, 2.24) is 4.90 Å². The number of hydrogen-bond acceptors (Lipinski definition) is 2. The Balaban J connectivity index is 2.20. The van der Waals surface area contributed by atoms with Gasteiger partial charge in [0.1, 0.15) is 0 Å². The van der Waals surface area contributed by atoms with E-state index >= 15 is 0 Å². The van der Waals surface area contributed by atoms with Gasteiger partial charge in [0.2, 0.25) is 0 Å². The van der Waals surface area contributed by atoms with Crippen molar-refractivity contribution in [2.24, 2.45) is 0 Å². The van der Waals surface area contributed by atoms with Crippen LogP contribution in [0.4, 0.5) is 0 Å². The Bertz CT molecular complexity index is 434. The molecule has 0 aromatic heterocycles. The summed E-state index contributed by atoms with van der Waals surface area (Å²) in [5.74, 6) is -0.0543.